The van der Waals surface area contributed by atoms with Crippen molar-refractivity contribution in [1.29, 1.82) is 0 Å². The van der Waals surface area contributed by atoms with Gasteiger partial charge in [-0.15, -0.1) is 0 Å². The van der Waals surface area contributed by atoms with Gasteiger partial charge in [0.15, 0.2) is 0 Å². The average molecular weight is 299 g/mol. The first kappa shape index (κ1) is 14.1. The van der Waals surface area contributed by atoms with E-state index in [4.69, 9.17) is 0 Å². The maximum Gasteiger partial charge on any atom is 0.0458 e. The minimum Gasteiger partial charge on any atom is -0.355 e. The summed E-state index contributed by atoms with van der Waals surface area (Å²) >= 11 is 0. The Kier molecular flexibility index (Phi) is 3.05. The second-order valence-electron chi connectivity index (χ2n) is 6.74. The number of benzene rings is 2. The average Bonchev–Trinajstić information content (AvgIpc) is 3.05. The minimum absolute atomic E-state index is 0.0235. The standard InChI is InChI=1S/C22H21N/c1-4-17-18-10-6-7-11-19(18)22(2,3)20(17)14-16-13-15-9-5-8-12-21(15)23-16/h4-14,23H,1-3H3/b17-4?,20-14+. The van der Waals surface area contributed by atoms with Crippen molar-refractivity contribution >= 4 is 22.6 Å². The summed E-state index contributed by atoms with van der Waals surface area (Å²) in [6, 6.07) is 19.4. The summed E-state index contributed by atoms with van der Waals surface area (Å²) in [6.07, 6.45) is 4.55. The van der Waals surface area contributed by atoms with Crippen LogP contribution in [0.2, 0.25) is 0 Å². The van der Waals surface area contributed by atoms with E-state index in [1.807, 2.05) is 0 Å². The highest BCUT2D eigenvalue weighted by atomic mass is 14.7. The summed E-state index contributed by atoms with van der Waals surface area (Å²) in [5.41, 5.74) is 7.89. The molecule has 0 saturated carbocycles. The van der Waals surface area contributed by atoms with Crippen LogP contribution in [0.25, 0.3) is 22.6 Å². The van der Waals surface area contributed by atoms with Crippen molar-refractivity contribution in [3.05, 3.63) is 83.1 Å². The lowest BCUT2D eigenvalue weighted by atomic mass is 9.81. The van der Waals surface area contributed by atoms with Gasteiger partial charge in [-0.2, -0.15) is 0 Å². The molecule has 0 saturated heterocycles. The van der Waals surface area contributed by atoms with Crippen molar-refractivity contribution < 1.29 is 0 Å². The van der Waals surface area contributed by atoms with E-state index in [2.05, 4.69) is 92.5 Å². The van der Waals surface area contributed by atoms with E-state index >= 15 is 0 Å². The van der Waals surface area contributed by atoms with Gasteiger partial charge in [0, 0.05) is 16.6 Å². The van der Waals surface area contributed by atoms with E-state index in [0.717, 1.165) is 0 Å². The van der Waals surface area contributed by atoms with Crippen LogP contribution in [0.1, 0.15) is 37.6 Å². The normalized spacial score (nSPS) is 19.6. The number of fused-ring (bicyclic) bond motifs is 2. The van der Waals surface area contributed by atoms with E-state index in [9.17, 15) is 0 Å². The Bertz CT molecular complexity index is 918. The summed E-state index contributed by atoms with van der Waals surface area (Å²) in [7, 11) is 0. The molecule has 1 aliphatic rings. The van der Waals surface area contributed by atoms with Crippen molar-refractivity contribution in [2.45, 2.75) is 26.2 Å². The molecule has 0 fully saturated rings. The number of allylic oxidation sites excluding steroid dienone is 3. The van der Waals surface area contributed by atoms with E-state index in [-0.39, 0.29) is 5.41 Å². The van der Waals surface area contributed by atoms with E-state index in [0.29, 0.717) is 0 Å². The van der Waals surface area contributed by atoms with E-state index in [1.54, 1.807) is 0 Å². The van der Waals surface area contributed by atoms with Crippen molar-refractivity contribution in [3.63, 3.8) is 0 Å². The highest BCUT2D eigenvalue weighted by molar-refractivity contribution is 5.94. The molecule has 1 aromatic heterocycles. The zero-order valence-corrected chi connectivity index (χ0v) is 13.9. The monoisotopic (exact) mass is 299 g/mol. The molecule has 4 rings (SSSR count). The van der Waals surface area contributed by atoms with Crippen molar-refractivity contribution in [1.82, 2.24) is 4.98 Å². The van der Waals surface area contributed by atoms with E-state index in [1.165, 1.54) is 38.9 Å². The number of rotatable bonds is 1. The lowest BCUT2D eigenvalue weighted by Crippen LogP contribution is -2.15. The molecule has 3 aromatic rings. The molecular weight excluding hydrogens is 278 g/mol. The van der Waals surface area contributed by atoms with Crippen LogP contribution in [0, 0.1) is 0 Å². The first-order valence-corrected chi connectivity index (χ1v) is 8.18. The first-order valence-electron chi connectivity index (χ1n) is 8.18. The Labute approximate surface area is 137 Å². The summed E-state index contributed by atoms with van der Waals surface area (Å²) in [6.45, 7) is 6.76. The smallest absolute Gasteiger partial charge is 0.0458 e. The number of nitrogens with one attached hydrogen (secondary N) is 1. The number of H-pyrrole nitrogens is 1. The van der Waals surface area contributed by atoms with Gasteiger partial charge < -0.3 is 4.98 Å². The predicted molar refractivity (Wildman–Crippen MR) is 99.4 cm³/mol. The summed E-state index contributed by atoms with van der Waals surface area (Å²) in [4.78, 5) is 3.53. The summed E-state index contributed by atoms with van der Waals surface area (Å²) < 4.78 is 0. The number of hydrogen-bond acceptors (Lipinski definition) is 0. The van der Waals surface area contributed by atoms with Crippen LogP contribution in [-0.4, -0.2) is 4.98 Å². The number of para-hydroxylation sites is 1. The molecule has 0 spiro atoms. The molecule has 0 radical (unpaired) electrons. The van der Waals surface area contributed by atoms with Gasteiger partial charge in [0.1, 0.15) is 0 Å². The number of hydrogen-bond donors (Lipinski definition) is 1. The Hall–Kier alpha value is -2.54. The molecule has 114 valence electrons. The van der Waals surface area contributed by atoms with Gasteiger partial charge in [-0.05, 0) is 52.8 Å². The van der Waals surface area contributed by atoms with E-state index < -0.39 is 0 Å². The van der Waals surface area contributed by atoms with Crippen LogP contribution in [0.15, 0.2) is 66.2 Å². The fraction of sp³-hybridized carbons (Fsp3) is 0.182. The van der Waals surface area contributed by atoms with Gasteiger partial charge in [-0.25, -0.2) is 0 Å². The maximum absolute atomic E-state index is 3.53. The SMILES string of the molecule is CC=C1/C(=C\c2cc3ccccc3[nH]2)C(C)(C)c2ccccc21. The lowest BCUT2D eigenvalue weighted by molar-refractivity contribution is 0.664. The molecule has 1 nitrogen and oxygen atoms in total. The topological polar surface area (TPSA) is 15.8 Å². The molecule has 0 atom stereocenters. The van der Waals surface area contributed by atoms with Crippen molar-refractivity contribution in [2.24, 2.45) is 0 Å². The quantitative estimate of drug-likeness (QED) is 0.572. The zero-order valence-electron chi connectivity index (χ0n) is 13.9. The van der Waals surface area contributed by atoms with Crippen LogP contribution >= 0.6 is 0 Å². The molecule has 1 aliphatic carbocycles. The molecule has 0 amide bonds. The molecular formula is C22H21N. The molecule has 1 heteroatoms. The second-order valence-corrected chi connectivity index (χ2v) is 6.74. The predicted octanol–water partition coefficient (Wildman–Crippen LogP) is 5.95. The molecule has 1 heterocycles. The summed E-state index contributed by atoms with van der Waals surface area (Å²) in [5.74, 6) is 0. The Morgan fingerprint density at radius 3 is 2.48 bits per heavy atom. The molecule has 0 bridgehead atoms. The van der Waals surface area contributed by atoms with Gasteiger partial charge in [-0.3, -0.25) is 0 Å². The highest BCUT2D eigenvalue weighted by Gasteiger charge is 2.37. The molecule has 1 N–H and O–H groups in total. The summed E-state index contributed by atoms with van der Waals surface area (Å²) in [5, 5.41) is 1.26. The zero-order chi connectivity index (χ0) is 16.0. The van der Waals surface area contributed by atoms with Gasteiger partial charge in [0.25, 0.3) is 0 Å². The van der Waals surface area contributed by atoms with Gasteiger partial charge in [-0.1, -0.05) is 62.4 Å². The van der Waals surface area contributed by atoms with Gasteiger partial charge >= 0.3 is 0 Å². The Balaban J connectivity index is 1.91. The largest absolute Gasteiger partial charge is 0.355 e. The minimum atomic E-state index is 0.0235. The third kappa shape index (κ3) is 2.08. The number of aromatic nitrogens is 1. The third-order valence-corrected chi connectivity index (χ3v) is 4.99. The van der Waals surface area contributed by atoms with Crippen LogP contribution < -0.4 is 0 Å². The fourth-order valence-corrected chi connectivity index (χ4v) is 3.79. The van der Waals surface area contributed by atoms with Crippen LogP contribution in [0.5, 0.6) is 0 Å². The second kappa shape index (κ2) is 4.99. The van der Waals surface area contributed by atoms with Crippen LogP contribution in [0.3, 0.4) is 0 Å². The van der Waals surface area contributed by atoms with Crippen molar-refractivity contribution in [3.8, 4) is 0 Å². The molecule has 23 heavy (non-hydrogen) atoms. The van der Waals surface area contributed by atoms with Gasteiger partial charge in [0.2, 0.25) is 0 Å². The van der Waals surface area contributed by atoms with Crippen molar-refractivity contribution in [2.75, 3.05) is 0 Å². The Morgan fingerprint density at radius 1 is 0.957 bits per heavy atom. The highest BCUT2D eigenvalue weighted by Crippen LogP contribution is 2.50. The maximum atomic E-state index is 3.53. The molecule has 2 aromatic carbocycles. The number of aromatic amines is 1. The first-order chi connectivity index (χ1) is 11.1. The Morgan fingerprint density at radius 2 is 1.70 bits per heavy atom. The lowest BCUT2D eigenvalue weighted by Gasteiger charge is -2.22. The molecule has 0 aliphatic heterocycles. The molecule has 0 unspecified atom stereocenters. The van der Waals surface area contributed by atoms with Gasteiger partial charge in [0.05, 0.1) is 0 Å². The van der Waals surface area contributed by atoms with Crippen LogP contribution in [0.4, 0.5) is 0 Å². The van der Waals surface area contributed by atoms with Crippen LogP contribution in [-0.2, 0) is 5.41 Å². The fourth-order valence-electron chi connectivity index (χ4n) is 3.79. The third-order valence-electron chi connectivity index (χ3n) is 4.99.